The fraction of sp³-hybridized carbons (Fsp3) is 0.350. The Hall–Kier alpha value is -2.18. The quantitative estimate of drug-likeness (QED) is 0.812. The molecule has 0 aromatic heterocycles. The highest BCUT2D eigenvalue weighted by molar-refractivity contribution is 7.99. The Bertz CT molecular complexity index is 777. The van der Waals surface area contributed by atoms with Crippen molar-refractivity contribution in [3.63, 3.8) is 0 Å². The van der Waals surface area contributed by atoms with Crippen molar-refractivity contribution >= 4 is 29.0 Å². The first kappa shape index (κ1) is 17.2. The standard InChI is InChI=1S/C20H24N4OS/c21-16-6-7-18-17(14-16)20(25)22-19(15-4-2-1-3-5-15)24(18)9-8-23-10-12-26-13-11-23/h1-7,14,19H,8-13,21H2,(H,22,25). The summed E-state index contributed by atoms with van der Waals surface area (Å²) in [6, 6.07) is 15.8. The van der Waals surface area contributed by atoms with Gasteiger partial charge in [-0.15, -0.1) is 0 Å². The molecule has 5 nitrogen and oxygen atoms in total. The summed E-state index contributed by atoms with van der Waals surface area (Å²) in [5, 5.41) is 3.16. The molecule has 136 valence electrons. The molecule has 2 aliphatic rings. The first-order valence-corrected chi connectivity index (χ1v) is 10.2. The number of carbonyl (C=O) groups excluding carboxylic acids is 1. The second kappa shape index (κ2) is 7.60. The van der Waals surface area contributed by atoms with Crippen molar-refractivity contribution in [3.05, 3.63) is 59.7 Å². The highest BCUT2D eigenvalue weighted by atomic mass is 32.2. The average molecular weight is 369 g/mol. The molecule has 1 unspecified atom stereocenters. The molecule has 2 aromatic carbocycles. The maximum absolute atomic E-state index is 12.7. The molecule has 2 heterocycles. The zero-order chi connectivity index (χ0) is 17.9. The number of fused-ring (bicyclic) bond motifs is 1. The van der Waals surface area contributed by atoms with Crippen LogP contribution in [-0.2, 0) is 0 Å². The van der Waals surface area contributed by atoms with E-state index < -0.39 is 0 Å². The molecule has 2 aromatic rings. The van der Waals surface area contributed by atoms with Gasteiger partial charge in [-0.1, -0.05) is 30.3 Å². The fourth-order valence-corrected chi connectivity index (χ4v) is 4.61. The number of hydrogen-bond acceptors (Lipinski definition) is 5. The summed E-state index contributed by atoms with van der Waals surface area (Å²) in [5.74, 6) is 2.34. The van der Waals surface area contributed by atoms with Crippen molar-refractivity contribution in [3.8, 4) is 0 Å². The normalized spacial score (nSPS) is 20.5. The summed E-state index contributed by atoms with van der Waals surface area (Å²) in [7, 11) is 0. The van der Waals surface area contributed by atoms with Gasteiger partial charge in [0, 0.05) is 43.4 Å². The predicted octanol–water partition coefficient (Wildman–Crippen LogP) is 2.57. The van der Waals surface area contributed by atoms with Crippen LogP contribution < -0.4 is 16.0 Å². The van der Waals surface area contributed by atoms with Crippen LogP contribution >= 0.6 is 11.8 Å². The van der Waals surface area contributed by atoms with Crippen molar-refractivity contribution in [2.45, 2.75) is 6.17 Å². The predicted molar refractivity (Wildman–Crippen MR) is 109 cm³/mol. The minimum absolute atomic E-state index is 0.0632. The van der Waals surface area contributed by atoms with Gasteiger partial charge < -0.3 is 16.0 Å². The van der Waals surface area contributed by atoms with E-state index in [1.165, 1.54) is 11.5 Å². The molecule has 4 rings (SSSR count). The smallest absolute Gasteiger partial charge is 0.255 e. The Labute approximate surface area is 158 Å². The summed E-state index contributed by atoms with van der Waals surface area (Å²) in [5.41, 5.74) is 9.25. The Morgan fingerprint density at radius 1 is 1.08 bits per heavy atom. The van der Waals surface area contributed by atoms with Gasteiger partial charge >= 0.3 is 0 Å². The lowest BCUT2D eigenvalue weighted by atomic mass is 10.0. The van der Waals surface area contributed by atoms with Crippen molar-refractivity contribution in [2.75, 3.05) is 48.3 Å². The SMILES string of the molecule is Nc1ccc2c(c1)C(=O)NC(c1ccccc1)N2CCN1CCSCC1. The van der Waals surface area contributed by atoms with Crippen LogP contribution in [0.25, 0.3) is 0 Å². The van der Waals surface area contributed by atoms with E-state index in [2.05, 4.69) is 27.2 Å². The molecule has 1 amide bonds. The molecule has 0 radical (unpaired) electrons. The number of rotatable bonds is 4. The minimum Gasteiger partial charge on any atom is -0.399 e. The summed E-state index contributed by atoms with van der Waals surface area (Å²) in [4.78, 5) is 17.5. The maximum Gasteiger partial charge on any atom is 0.255 e. The first-order chi connectivity index (χ1) is 12.7. The number of thioether (sulfide) groups is 1. The highest BCUT2D eigenvalue weighted by Gasteiger charge is 2.32. The molecule has 0 bridgehead atoms. The molecular formula is C20H24N4OS. The second-order valence-electron chi connectivity index (χ2n) is 6.71. The molecule has 3 N–H and O–H groups in total. The molecule has 0 spiro atoms. The minimum atomic E-state index is -0.154. The van der Waals surface area contributed by atoms with Crippen LogP contribution in [0.3, 0.4) is 0 Å². The van der Waals surface area contributed by atoms with Gasteiger partial charge in [0.1, 0.15) is 6.17 Å². The lowest BCUT2D eigenvalue weighted by molar-refractivity contribution is 0.0925. The fourth-order valence-electron chi connectivity index (χ4n) is 3.63. The number of nitrogen functional groups attached to an aromatic ring is 1. The van der Waals surface area contributed by atoms with E-state index in [-0.39, 0.29) is 12.1 Å². The monoisotopic (exact) mass is 368 g/mol. The van der Waals surface area contributed by atoms with Crippen LogP contribution in [0.1, 0.15) is 22.1 Å². The van der Waals surface area contributed by atoms with E-state index in [9.17, 15) is 4.79 Å². The molecule has 1 atom stereocenters. The molecule has 1 saturated heterocycles. The van der Waals surface area contributed by atoms with Crippen LogP contribution in [0.15, 0.2) is 48.5 Å². The topological polar surface area (TPSA) is 61.6 Å². The van der Waals surface area contributed by atoms with Crippen molar-refractivity contribution in [1.29, 1.82) is 0 Å². The first-order valence-electron chi connectivity index (χ1n) is 9.04. The van der Waals surface area contributed by atoms with E-state index in [0.29, 0.717) is 11.3 Å². The Kier molecular flexibility index (Phi) is 5.04. The zero-order valence-electron chi connectivity index (χ0n) is 14.7. The Morgan fingerprint density at radius 3 is 2.62 bits per heavy atom. The third-order valence-corrected chi connectivity index (χ3v) is 5.97. The van der Waals surface area contributed by atoms with E-state index in [0.717, 1.165) is 37.4 Å². The maximum atomic E-state index is 12.7. The molecule has 26 heavy (non-hydrogen) atoms. The van der Waals surface area contributed by atoms with Gasteiger partial charge in [0.2, 0.25) is 0 Å². The van der Waals surface area contributed by atoms with Gasteiger partial charge in [-0.25, -0.2) is 0 Å². The molecule has 2 aliphatic heterocycles. The summed E-state index contributed by atoms with van der Waals surface area (Å²) >= 11 is 2.02. The molecule has 0 saturated carbocycles. The van der Waals surface area contributed by atoms with Gasteiger partial charge in [-0.2, -0.15) is 11.8 Å². The highest BCUT2D eigenvalue weighted by Crippen LogP contribution is 2.34. The summed E-state index contributed by atoms with van der Waals surface area (Å²) < 4.78 is 0. The van der Waals surface area contributed by atoms with Gasteiger partial charge in [-0.3, -0.25) is 9.69 Å². The lowest BCUT2D eigenvalue weighted by Crippen LogP contribution is -2.49. The third-order valence-electron chi connectivity index (χ3n) is 5.03. The van der Waals surface area contributed by atoms with E-state index in [4.69, 9.17) is 5.73 Å². The zero-order valence-corrected chi connectivity index (χ0v) is 15.5. The number of benzene rings is 2. The lowest BCUT2D eigenvalue weighted by Gasteiger charge is -2.40. The van der Waals surface area contributed by atoms with Crippen LogP contribution in [0.5, 0.6) is 0 Å². The number of anilines is 2. The van der Waals surface area contributed by atoms with E-state index in [1.54, 1.807) is 6.07 Å². The summed E-state index contributed by atoms with van der Waals surface area (Å²) in [6.45, 7) is 4.12. The number of carbonyl (C=O) groups is 1. The largest absolute Gasteiger partial charge is 0.399 e. The molecular weight excluding hydrogens is 344 g/mol. The van der Waals surface area contributed by atoms with Crippen molar-refractivity contribution in [1.82, 2.24) is 10.2 Å². The summed E-state index contributed by atoms with van der Waals surface area (Å²) in [6.07, 6.45) is -0.154. The second-order valence-corrected chi connectivity index (χ2v) is 7.94. The average Bonchev–Trinajstić information content (AvgIpc) is 2.69. The number of nitrogens with two attached hydrogens (primary N) is 1. The number of amides is 1. The van der Waals surface area contributed by atoms with Crippen molar-refractivity contribution < 1.29 is 4.79 Å². The van der Waals surface area contributed by atoms with Gasteiger partial charge in [0.25, 0.3) is 5.91 Å². The van der Waals surface area contributed by atoms with E-state index >= 15 is 0 Å². The van der Waals surface area contributed by atoms with Crippen LogP contribution in [0.4, 0.5) is 11.4 Å². The van der Waals surface area contributed by atoms with Gasteiger partial charge in [0.15, 0.2) is 0 Å². The Balaban J connectivity index is 1.64. The Morgan fingerprint density at radius 2 is 1.85 bits per heavy atom. The molecule has 0 aliphatic carbocycles. The van der Waals surface area contributed by atoms with Gasteiger partial charge in [-0.05, 0) is 23.8 Å². The number of nitrogens with one attached hydrogen (secondary N) is 1. The van der Waals surface area contributed by atoms with Gasteiger partial charge in [0.05, 0.1) is 11.3 Å². The van der Waals surface area contributed by atoms with Crippen LogP contribution in [-0.4, -0.2) is 48.5 Å². The van der Waals surface area contributed by atoms with Crippen molar-refractivity contribution in [2.24, 2.45) is 0 Å². The third kappa shape index (κ3) is 3.52. The molecule has 6 heteroatoms. The molecule has 1 fully saturated rings. The number of hydrogen-bond donors (Lipinski definition) is 2. The van der Waals surface area contributed by atoms with Crippen LogP contribution in [0.2, 0.25) is 0 Å². The van der Waals surface area contributed by atoms with Crippen LogP contribution in [0, 0.1) is 0 Å². The van der Waals surface area contributed by atoms with E-state index in [1.807, 2.05) is 42.1 Å². The number of nitrogens with zero attached hydrogens (tertiary/aromatic N) is 2.